The fourth-order valence-corrected chi connectivity index (χ4v) is 1.85. The number of aromatic nitrogens is 1. The van der Waals surface area contributed by atoms with Gasteiger partial charge in [-0.3, -0.25) is 0 Å². The van der Waals surface area contributed by atoms with Crippen molar-refractivity contribution in [3.8, 4) is 11.1 Å². The number of rotatable bonds is 1. The Balaban J connectivity index is 2.59. The minimum Gasteiger partial charge on any atom is -0.396 e. The molecule has 82 valence electrons. The normalized spacial score (nSPS) is 10.4. The molecule has 0 saturated carbocycles. The van der Waals surface area contributed by atoms with Crippen LogP contribution in [0.4, 0.5) is 5.69 Å². The monoisotopic (exact) mass is 272 g/mol. The number of nitrogens with zero attached hydrogens (tertiary/aromatic N) is 1. The van der Waals surface area contributed by atoms with E-state index in [1.54, 1.807) is 18.3 Å². The molecule has 16 heavy (non-hydrogen) atoms. The van der Waals surface area contributed by atoms with Gasteiger partial charge in [0.05, 0.1) is 15.7 Å². The quantitative estimate of drug-likeness (QED) is 0.787. The fraction of sp³-hybridized carbons (Fsp3) is 0. The number of pyridine rings is 1. The van der Waals surface area contributed by atoms with Gasteiger partial charge in [-0.15, -0.1) is 0 Å². The van der Waals surface area contributed by atoms with Crippen molar-refractivity contribution in [1.29, 1.82) is 0 Å². The second-order valence-corrected chi connectivity index (χ2v) is 4.35. The van der Waals surface area contributed by atoms with E-state index in [0.29, 0.717) is 15.7 Å². The van der Waals surface area contributed by atoms with Gasteiger partial charge in [-0.05, 0) is 12.1 Å². The number of benzene rings is 1. The number of hydrogen-bond donors (Lipinski definition) is 1. The number of hydrogen-bond acceptors (Lipinski definition) is 2. The van der Waals surface area contributed by atoms with Gasteiger partial charge in [-0.2, -0.15) is 0 Å². The highest BCUT2D eigenvalue weighted by Crippen LogP contribution is 2.34. The van der Waals surface area contributed by atoms with Crippen LogP contribution in [0.15, 0.2) is 30.5 Å². The van der Waals surface area contributed by atoms with Crippen molar-refractivity contribution in [2.75, 3.05) is 5.73 Å². The summed E-state index contributed by atoms with van der Waals surface area (Å²) in [5.41, 5.74) is 7.66. The zero-order valence-corrected chi connectivity index (χ0v) is 10.3. The third-order valence-corrected chi connectivity index (χ3v) is 3.26. The molecule has 0 fully saturated rings. The van der Waals surface area contributed by atoms with Crippen molar-refractivity contribution in [2.24, 2.45) is 0 Å². The first kappa shape index (κ1) is 11.5. The zero-order valence-electron chi connectivity index (χ0n) is 8.05. The second-order valence-electron chi connectivity index (χ2n) is 3.21. The first-order valence-corrected chi connectivity index (χ1v) is 5.58. The Morgan fingerprint density at radius 3 is 2.56 bits per heavy atom. The molecule has 0 bridgehead atoms. The summed E-state index contributed by atoms with van der Waals surface area (Å²) < 4.78 is 0. The summed E-state index contributed by atoms with van der Waals surface area (Å²) in [5.74, 6) is 0. The standard InChI is InChI=1S/C11H7Cl3N2/c12-8-3-1-2-7(10(8)13)6-4-9(15)11(14)16-5-6/h1-5H,15H2. The van der Waals surface area contributed by atoms with E-state index in [-0.39, 0.29) is 5.15 Å². The summed E-state index contributed by atoms with van der Waals surface area (Å²) in [6.45, 7) is 0. The van der Waals surface area contributed by atoms with E-state index in [9.17, 15) is 0 Å². The van der Waals surface area contributed by atoms with Crippen molar-refractivity contribution in [2.45, 2.75) is 0 Å². The second kappa shape index (κ2) is 4.50. The van der Waals surface area contributed by atoms with Gasteiger partial charge in [0.25, 0.3) is 0 Å². The topological polar surface area (TPSA) is 38.9 Å². The van der Waals surface area contributed by atoms with Crippen LogP contribution in [0.1, 0.15) is 0 Å². The van der Waals surface area contributed by atoms with E-state index >= 15 is 0 Å². The van der Waals surface area contributed by atoms with Crippen molar-refractivity contribution >= 4 is 40.5 Å². The molecular formula is C11H7Cl3N2. The van der Waals surface area contributed by atoms with Crippen LogP contribution in [0.3, 0.4) is 0 Å². The van der Waals surface area contributed by atoms with Crippen LogP contribution >= 0.6 is 34.8 Å². The molecule has 1 aromatic carbocycles. The predicted molar refractivity (Wildman–Crippen MR) is 69.1 cm³/mol. The molecule has 0 radical (unpaired) electrons. The third-order valence-electron chi connectivity index (χ3n) is 2.13. The maximum Gasteiger partial charge on any atom is 0.151 e. The lowest BCUT2D eigenvalue weighted by Crippen LogP contribution is -1.90. The first-order valence-electron chi connectivity index (χ1n) is 4.45. The molecule has 0 saturated heterocycles. The minimum atomic E-state index is 0.280. The summed E-state index contributed by atoms with van der Waals surface area (Å²) in [6, 6.07) is 7.10. The molecule has 0 aliphatic heterocycles. The Morgan fingerprint density at radius 2 is 1.88 bits per heavy atom. The van der Waals surface area contributed by atoms with Gasteiger partial charge in [0.15, 0.2) is 5.15 Å². The summed E-state index contributed by atoms with van der Waals surface area (Å²) >= 11 is 17.8. The molecule has 2 aromatic rings. The van der Waals surface area contributed by atoms with E-state index in [1.807, 2.05) is 12.1 Å². The van der Waals surface area contributed by atoms with Crippen molar-refractivity contribution in [1.82, 2.24) is 4.98 Å². The highest BCUT2D eigenvalue weighted by atomic mass is 35.5. The highest BCUT2D eigenvalue weighted by Gasteiger charge is 2.08. The van der Waals surface area contributed by atoms with Gasteiger partial charge < -0.3 is 5.73 Å². The Labute approximate surface area is 108 Å². The summed E-state index contributed by atoms with van der Waals surface area (Å²) in [7, 11) is 0. The number of halogens is 3. The van der Waals surface area contributed by atoms with Crippen LogP contribution in [0, 0.1) is 0 Å². The molecule has 2 N–H and O–H groups in total. The Hall–Kier alpha value is -0.960. The minimum absolute atomic E-state index is 0.280. The van der Waals surface area contributed by atoms with E-state index in [4.69, 9.17) is 40.5 Å². The number of nitrogen functional groups attached to an aromatic ring is 1. The zero-order chi connectivity index (χ0) is 11.7. The maximum absolute atomic E-state index is 6.09. The maximum atomic E-state index is 6.09. The molecule has 2 nitrogen and oxygen atoms in total. The van der Waals surface area contributed by atoms with Gasteiger partial charge in [0, 0.05) is 17.3 Å². The van der Waals surface area contributed by atoms with Crippen LogP contribution in [0.2, 0.25) is 15.2 Å². The van der Waals surface area contributed by atoms with Gasteiger partial charge >= 0.3 is 0 Å². The van der Waals surface area contributed by atoms with Crippen molar-refractivity contribution in [3.05, 3.63) is 45.7 Å². The average Bonchev–Trinajstić information content (AvgIpc) is 2.26. The Morgan fingerprint density at radius 1 is 1.12 bits per heavy atom. The molecule has 0 unspecified atom stereocenters. The molecule has 0 atom stereocenters. The lowest BCUT2D eigenvalue weighted by molar-refractivity contribution is 1.33. The largest absolute Gasteiger partial charge is 0.396 e. The molecule has 2 rings (SSSR count). The molecule has 1 heterocycles. The van der Waals surface area contributed by atoms with Crippen molar-refractivity contribution in [3.63, 3.8) is 0 Å². The van der Waals surface area contributed by atoms with Gasteiger partial charge in [0.1, 0.15) is 0 Å². The Kier molecular flexibility index (Phi) is 3.24. The third kappa shape index (κ3) is 2.09. The van der Waals surface area contributed by atoms with Crippen LogP contribution in [-0.2, 0) is 0 Å². The smallest absolute Gasteiger partial charge is 0.151 e. The fourth-order valence-electron chi connectivity index (χ4n) is 1.34. The van der Waals surface area contributed by atoms with Crippen LogP contribution < -0.4 is 5.73 Å². The van der Waals surface area contributed by atoms with E-state index < -0.39 is 0 Å². The predicted octanol–water partition coefficient (Wildman–Crippen LogP) is 4.29. The molecule has 0 aliphatic carbocycles. The van der Waals surface area contributed by atoms with Gasteiger partial charge in [0.2, 0.25) is 0 Å². The van der Waals surface area contributed by atoms with Crippen LogP contribution in [0.5, 0.6) is 0 Å². The molecular weight excluding hydrogens is 266 g/mol. The van der Waals surface area contributed by atoms with Crippen LogP contribution in [-0.4, -0.2) is 4.98 Å². The number of nitrogens with two attached hydrogens (primary N) is 1. The molecule has 0 spiro atoms. The lowest BCUT2D eigenvalue weighted by Gasteiger charge is -2.06. The SMILES string of the molecule is Nc1cc(-c2cccc(Cl)c2Cl)cnc1Cl. The number of anilines is 1. The molecule has 5 heteroatoms. The van der Waals surface area contributed by atoms with E-state index in [1.165, 1.54) is 0 Å². The van der Waals surface area contributed by atoms with Crippen LogP contribution in [0.25, 0.3) is 11.1 Å². The molecule has 1 aromatic heterocycles. The van der Waals surface area contributed by atoms with Gasteiger partial charge in [-0.25, -0.2) is 4.98 Å². The first-order chi connectivity index (χ1) is 7.59. The van der Waals surface area contributed by atoms with Crippen molar-refractivity contribution < 1.29 is 0 Å². The van der Waals surface area contributed by atoms with E-state index in [2.05, 4.69) is 4.98 Å². The lowest BCUT2D eigenvalue weighted by atomic mass is 10.1. The van der Waals surface area contributed by atoms with Gasteiger partial charge in [-0.1, -0.05) is 46.9 Å². The molecule has 0 amide bonds. The average molecular weight is 274 g/mol. The Bertz CT molecular complexity index is 541. The summed E-state index contributed by atoms with van der Waals surface area (Å²) in [4.78, 5) is 3.96. The highest BCUT2D eigenvalue weighted by molar-refractivity contribution is 6.43. The summed E-state index contributed by atoms with van der Waals surface area (Å²) in [5, 5.41) is 1.25. The molecule has 0 aliphatic rings. The summed E-state index contributed by atoms with van der Waals surface area (Å²) in [6.07, 6.45) is 1.61. The van der Waals surface area contributed by atoms with E-state index in [0.717, 1.165) is 11.1 Å².